The van der Waals surface area contributed by atoms with E-state index >= 15 is 0 Å². The van der Waals surface area contributed by atoms with E-state index in [4.69, 9.17) is 18.0 Å². The standard InChI is InChI=1S/C20H35N5O2S/c1-4-6-12-24(20(28)22-15-11-9-8-10-14(15)3)16-17(21)25(13-7-5-2)19(27)23-18(16)26/h14-15H,4-13,21H2,1-3H3,(H,22,28)(H,23,26,27)/t14-,15-/m0/s1. The number of nitrogens with two attached hydrogens (primary N) is 1. The Balaban J connectivity index is 2.37. The smallest absolute Gasteiger partial charge is 0.330 e. The van der Waals surface area contributed by atoms with Gasteiger partial charge in [-0.3, -0.25) is 14.3 Å². The van der Waals surface area contributed by atoms with Crippen LogP contribution >= 0.6 is 12.2 Å². The summed E-state index contributed by atoms with van der Waals surface area (Å²) in [7, 11) is 0. The third kappa shape index (κ3) is 5.37. The van der Waals surface area contributed by atoms with Gasteiger partial charge in [0.1, 0.15) is 5.82 Å². The zero-order valence-electron chi connectivity index (χ0n) is 17.4. The Bertz CT molecular complexity index is 773. The molecule has 158 valence electrons. The summed E-state index contributed by atoms with van der Waals surface area (Å²) in [6, 6.07) is 0.302. The average molecular weight is 410 g/mol. The van der Waals surface area contributed by atoms with E-state index in [2.05, 4.69) is 24.1 Å². The molecule has 1 aliphatic rings. The number of thiocarbonyl (C=S) groups is 1. The fourth-order valence-electron chi connectivity index (χ4n) is 3.77. The van der Waals surface area contributed by atoms with Crippen LogP contribution in [0, 0.1) is 5.92 Å². The average Bonchev–Trinajstić information content (AvgIpc) is 2.65. The Morgan fingerprint density at radius 1 is 1.25 bits per heavy atom. The summed E-state index contributed by atoms with van der Waals surface area (Å²) in [4.78, 5) is 29.1. The van der Waals surface area contributed by atoms with Crippen LogP contribution in [0.25, 0.3) is 0 Å². The van der Waals surface area contributed by atoms with Crippen molar-refractivity contribution in [2.24, 2.45) is 5.92 Å². The van der Waals surface area contributed by atoms with E-state index in [-0.39, 0.29) is 11.5 Å². The van der Waals surface area contributed by atoms with Gasteiger partial charge in [0.15, 0.2) is 10.8 Å². The highest BCUT2D eigenvalue weighted by Gasteiger charge is 2.26. The van der Waals surface area contributed by atoms with Crippen molar-refractivity contribution in [3.05, 3.63) is 20.8 Å². The van der Waals surface area contributed by atoms with Crippen molar-refractivity contribution in [2.45, 2.75) is 84.7 Å². The SMILES string of the molecule is CCCCN(C(=S)N[C@H]1CCCC[C@@H]1C)c1c(N)n(CCCC)c(=O)[nH]c1=O. The predicted molar refractivity (Wildman–Crippen MR) is 120 cm³/mol. The van der Waals surface area contributed by atoms with Gasteiger partial charge < -0.3 is 16.0 Å². The normalized spacial score (nSPS) is 19.4. The second-order valence-corrected chi connectivity index (χ2v) is 8.21. The molecule has 7 nitrogen and oxygen atoms in total. The van der Waals surface area contributed by atoms with E-state index in [0.717, 1.165) is 32.1 Å². The lowest BCUT2D eigenvalue weighted by Crippen LogP contribution is -2.50. The van der Waals surface area contributed by atoms with Crippen LogP contribution in [0.2, 0.25) is 0 Å². The summed E-state index contributed by atoms with van der Waals surface area (Å²) < 4.78 is 1.45. The second kappa shape index (κ2) is 10.6. The molecule has 2 rings (SSSR count). The highest BCUT2D eigenvalue weighted by molar-refractivity contribution is 7.80. The zero-order valence-corrected chi connectivity index (χ0v) is 18.2. The molecule has 1 heterocycles. The van der Waals surface area contributed by atoms with Crippen LogP contribution in [0.4, 0.5) is 11.5 Å². The van der Waals surface area contributed by atoms with Gasteiger partial charge in [-0.1, -0.05) is 46.5 Å². The molecule has 1 aromatic rings. The van der Waals surface area contributed by atoms with Gasteiger partial charge in [0, 0.05) is 19.1 Å². The summed E-state index contributed by atoms with van der Waals surface area (Å²) in [5.41, 5.74) is 5.65. The number of nitrogens with one attached hydrogen (secondary N) is 2. The van der Waals surface area contributed by atoms with Gasteiger partial charge in [-0.05, 0) is 43.8 Å². The summed E-state index contributed by atoms with van der Waals surface area (Å²) >= 11 is 5.71. The van der Waals surface area contributed by atoms with Crippen LogP contribution in [-0.4, -0.2) is 27.3 Å². The Morgan fingerprint density at radius 2 is 1.93 bits per heavy atom. The third-order valence-corrected chi connectivity index (χ3v) is 5.96. The van der Waals surface area contributed by atoms with E-state index in [1.807, 2.05) is 6.92 Å². The molecule has 1 aromatic heterocycles. The number of rotatable bonds is 8. The van der Waals surface area contributed by atoms with E-state index < -0.39 is 11.2 Å². The van der Waals surface area contributed by atoms with Crippen LogP contribution in [0.15, 0.2) is 9.59 Å². The Morgan fingerprint density at radius 3 is 2.57 bits per heavy atom. The predicted octanol–water partition coefficient (Wildman–Crippen LogP) is 2.98. The monoisotopic (exact) mass is 409 g/mol. The molecule has 1 fully saturated rings. The van der Waals surface area contributed by atoms with Crippen molar-refractivity contribution in [3.8, 4) is 0 Å². The number of unbranched alkanes of at least 4 members (excludes halogenated alkanes) is 2. The molecule has 0 aromatic carbocycles. The first-order chi connectivity index (χ1) is 13.4. The zero-order chi connectivity index (χ0) is 20.7. The lowest BCUT2D eigenvalue weighted by atomic mass is 9.86. The molecule has 4 N–H and O–H groups in total. The summed E-state index contributed by atoms with van der Waals surface area (Å²) in [5, 5.41) is 3.99. The van der Waals surface area contributed by atoms with Gasteiger partial charge >= 0.3 is 5.69 Å². The highest BCUT2D eigenvalue weighted by atomic mass is 32.1. The molecule has 0 unspecified atom stereocenters. The van der Waals surface area contributed by atoms with Gasteiger partial charge in [0.05, 0.1) is 0 Å². The molecule has 0 saturated heterocycles. The number of nitrogens with zero attached hydrogens (tertiary/aromatic N) is 2. The third-order valence-electron chi connectivity index (χ3n) is 5.62. The molecule has 0 spiro atoms. The highest BCUT2D eigenvalue weighted by Crippen LogP contribution is 2.25. The maximum atomic E-state index is 12.7. The van der Waals surface area contributed by atoms with Gasteiger partial charge in [0.25, 0.3) is 5.56 Å². The van der Waals surface area contributed by atoms with Crippen molar-refractivity contribution in [3.63, 3.8) is 0 Å². The van der Waals surface area contributed by atoms with Gasteiger partial charge in [-0.2, -0.15) is 0 Å². The van der Waals surface area contributed by atoms with Gasteiger partial charge in [-0.15, -0.1) is 0 Å². The molecular formula is C20H35N5O2S. The first kappa shape index (κ1) is 22.5. The lowest BCUT2D eigenvalue weighted by Gasteiger charge is -2.34. The van der Waals surface area contributed by atoms with E-state index in [1.54, 1.807) is 4.90 Å². The van der Waals surface area contributed by atoms with Crippen molar-refractivity contribution >= 4 is 28.8 Å². The fraction of sp³-hybridized carbons (Fsp3) is 0.750. The number of hydrogen-bond acceptors (Lipinski definition) is 4. The van der Waals surface area contributed by atoms with Gasteiger partial charge in [-0.25, -0.2) is 4.79 Å². The molecule has 0 aliphatic heterocycles. The summed E-state index contributed by atoms with van der Waals surface area (Å²) in [6.45, 7) is 7.44. The van der Waals surface area contributed by atoms with Crippen LogP contribution in [0.1, 0.15) is 72.1 Å². The largest absolute Gasteiger partial charge is 0.383 e. The molecule has 1 saturated carbocycles. The number of hydrogen-bond donors (Lipinski definition) is 3. The number of aromatic amines is 1. The van der Waals surface area contributed by atoms with Crippen LogP contribution in [-0.2, 0) is 6.54 Å². The molecule has 0 bridgehead atoms. The minimum atomic E-state index is -0.479. The van der Waals surface area contributed by atoms with Crippen molar-refractivity contribution in [1.82, 2.24) is 14.9 Å². The molecule has 1 aliphatic carbocycles. The van der Waals surface area contributed by atoms with Crippen LogP contribution in [0.5, 0.6) is 0 Å². The Labute approximate surface area is 172 Å². The van der Waals surface area contributed by atoms with Crippen LogP contribution in [0.3, 0.4) is 0 Å². The molecule has 0 radical (unpaired) electrons. The number of H-pyrrole nitrogens is 1. The minimum Gasteiger partial charge on any atom is -0.383 e. The maximum Gasteiger partial charge on any atom is 0.330 e. The van der Waals surface area contributed by atoms with Crippen molar-refractivity contribution in [1.29, 1.82) is 0 Å². The number of nitrogen functional groups attached to an aromatic ring is 1. The molecule has 28 heavy (non-hydrogen) atoms. The van der Waals surface area contributed by atoms with Crippen LogP contribution < -0.4 is 27.2 Å². The van der Waals surface area contributed by atoms with Crippen molar-refractivity contribution < 1.29 is 0 Å². The Hall–Kier alpha value is -1.83. The summed E-state index contributed by atoms with van der Waals surface area (Å²) in [5.74, 6) is 0.730. The van der Waals surface area contributed by atoms with E-state index in [9.17, 15) is 9.59 Å². The Kier molecular flexibility index (Phi) is 8.54. The fourth-order valence-corrected chi connectivity index (χ4v) is 4.11. The molecule has 8 heteroatoms. The molecule has 0 amide bonds. The number of anilines is 2. The first-order valence-electron chi connectivity index (χ1n) is 10.6. The van der Waals surface area contributed by atoms with Gasteiger partial charge in [0.2, 0.25) is 0 Å². The van der Waals surface area contributed by atoms with E-state index in [1.165, 1.54) is 23.8 Å². The minimum absolute atomic E-state index is 0.194. The van der Waals surface area contributed by atoms with E-state index in [0.29, 0.717) is 30.2 Å². The summed E-state index contributed by atoms with van der Waals surface area (Å²) in [6.07, 6.45) is 8.27. The quantitative estimate of drug-likeness (QED) is 0.571. The first-order valence-corrected chi connectivity index (χ1v) is 11.0. The topological polar surface area (TPSA) is 96.2 Å². The van der Waals surface area contributed by atoms with Crippen molar-refractivity contribution in [2.75, 3.05) is 17.2 Å². The number of aromatic nitrogens is 2. The molecular weight excluding hydrogens is 374 g/mol. The lowest BCUT2D eigenvalue weighted by molar-refractivity contribution is 0.309. The second-order valence-electron chi connectivity index (χ2n) is 7.82. The maximum absolute atomic E-state index is 12.7. The molecule has 2 atom stereocenters.